The van der Waals surface area contributed by atoms with Crippen molar-refractivity contribution in [1.82, 2.24) is 5.32 Å². The minimum Gasteiger partial charge on any atom is -0.480 e. The highest BCUT2D eigenvalue weighted by Crippen LogP contribution is 2.52. The van der Waals surface area contributed by atoms with Crippen LogP contribution >= 0.6 is 11.6 Å². The summed E-state index contributed by atoms with van der Waals surface area (Å²) in [5.41, 5.74) is 0.430. The van der Waals surface area contributed by atoms with Crippen LogP contribution in [0.5, 0.6) is 0 Å². The summed E-state index contributed by atoms with van der Waals surface area (Å²) < 4.78 is 0. The van der Waals surface area contributed by atoms with E-state index < -0.39 is 35.3 Å². The highest BCUT2D eigenvalue weighted by molar-refractivity contribution is 6.30. The zero-order chi connectivity index (χ0) is 22.5. The van der Waals surface area contributed by atoms with E-state index in [2.05, 4.69) is 5.32 Å². The second kappa shape index (κ2) is 7.77. The average molecular weight is 441 g/mol. The molecule has 2 amide bonds. The number of nitrogens with zero attached hydrogens (tertiary/aromatic N) is 1. The highest BCUT2D eigenvalue weighted by Gasteiger charge is 2.68. The van der Waals surface area contributed by atoms with E-state index in [1.807, 2.05) is 39.0 Å². The molecule has 4 atom stereocenters. The van der Waals surface area contributed by atoms with Gasteiger partial charge in [0.2, 0.25) is 11.8 Å². The van der Waals surface area contributed by atoms with Crippen molar-refractivity contribution in [2.45, 2.75) is 38.8 Å². The summed E-state index contributed by atoms with van der Waals surface area (Å²) in [5, 5.41) is 14.0. The molecule has 4 unspecified atom stereocenters. The van der Waals surface area contributed by atoms with Gasteiger partial charge in [0.05, 0.1) is 17.5 Å². The Labute approximate surface area is 186 Å². The molecular formula is C24H25ClN2O4. The first-order valence-electron chi connectivity index (χ1n) is 10.4. The van der Waals surface area contributed by atoms with E-state index in [-0.39, 0.29) is 18.2 Å². The maximum absolute atomic E-state index is 13.7. The molecule has 2 aliphatic heterocycles. The number of halogens is 1. The van der Waals surface area contributed by atoms with E-state index in [9.17, 15) is 19.5 Å². The summed E-state index contributed by atoms with van der Waals surface area (Å²) in [7, 11) is 0. The van der Waals surface area contributed by atoms with Gasteiger partial charge in [-0.2, -0.15) is 0 Å². The molecule has 4 rings (SSSR count). The van der Waals surface area contributed by atoms with Crippen molar-refractivity contribution in [3.63, 3.8) is 0 Å². The number of aryl methyl sites for hydroxylation is 1. The number of hydrogen-bond donors (Lipinski definition) is 2. The summed E-state index contributed by atoms with van der Waals surface area (Å²) in [6, 6.07) is 13.5. The number of para-hydroxylation sites is 1. The van der Waals surface area contributed by atoms with Crippen LogP contribution in [0.4, 0.5) is 5.69 Å². The number of carbonyl (C=O) groups excluding carboxylic acids is 2. The Bertz CT molecular complexity index is 1070. The van der Waals surface area contributed by atoms with E-state index in [0.717, 1.165) is 5.56 Å². The van der Waals surface area contributed by atoms with Crippen LogP contribution in [-0.4, -0.2) is 28.4 Å². The first-order chi connectivity index (χ1) is 14.7. The number of carboxylic acid groups (broad SMARTS) is 1. The van der Waals surface area contributed by atoms with E-state index in [4.69, 9.17) is 11.6 Å². The molecule has 7 heteroatoms. The fourth-order valence-corrected chi connectivity index (χ4v) is 5.36. The molecule has 162 valence electrons. The molecule has 6 nitrogen and oxygen atoms in total. The van der Waals surface area contributed by atoms with Gasteiger partial charge in [0.25, 0.3) is 0 Å². The number of rotatable bonds is 5. The largest absolute Gasteiger partial charge is 0.480 e. The minimum absolute atomic E-state index is 0.00206. The topological polar surface area (TPSA) is 86.7 Å². The molecule has 2 heterocycles. The Hall–Kier alpha value is -2.70. The van der Waals surface area contributed by atoms with Crippen LogP contribution in [0, 0.1) is 24.7 Å². The molecule has 0 aromatic heterocycles. The van der Waals surface area contributed by atoms with Gasteiger partial charge in [-0.1, -0.05) is 55.8 Å². The quantitative estimate of drug-likeness (QED) is 0.687. The van der Waals surface area contributed by atoms with Crippen molar-refractivity contribution in [2.24, 2.45) is 17.8 Å². The Balaban J connectivity index is 1.89. The Morgan fingerprint density at radius 3 is 2.48 bits per heavy atom. The standard InChI is InChI=1S/C24H25ClN2O4/c1-13(2)12-24(23(30)31)19-18(20(26-24)15-8-6-9-16(25)11-15)21(28)27(22(19)29)17-10-5-4-7-14(17)3/h4-11,13,18-20,26H,12H2,1-3H3,(H,30,31). The molecule has 2 aromatic carbocycles. The Morgan fingerprint density at radius 2 is 1.87 bits per heavy atom. The lowest BCUT2D eigenvalue weighted by Gasteiger charge is -2.32. The van der Waals surface area contributed by atoms with E-state index in [0.29, 0.717) is 16.3 Å². The predicted octanol–water partition coefficient (Wildman–Crippen LogP) is 3.97. The Kier molecular flexibility index (Phi) is 5.40. The van der Waals surface area contributed by atoms with Gasteiger partial charge in [-0.25, -0.2) is 4.90 Å². The number of fused-ring (bicyclic) bond motifs is 1. The fourth-order valence-electron chi connectivity index (χ4n) is 5.16. The number of carboxylic acids is 1. The SMILES string of the molecule is Cc1ccccc1N1C(=O)C2C(c3cccc(Cl)c3)NC(CC(C)C)(C(=O)O)C2C1=O. The number of amides is 2. The summed E-state index contributed by atoms with van der Waals surface area (Å²) in [6.07, 6.45) is 0.223. The number of anilines is 1. The van der Waals surface area contributed by atoms with Crippen LogP contribution in [0.2, 0.25) is 5.02 Å². The third kappa shape index (κ3) is 3.34. The van der Waals surface area contributed by atoms with Crippen molar-refractivity contribution in [3.05, 3.63) is 64.7 Å². The normalized spacial score (nSPS) is 27.8. The zero-order valence-electron chi connectivity index (χ0n) is 17.6. The van der Waals surface area contributed by atoms with Gasteiger partial charge in [0.15, 0.2) is 0 Å². The first-order valence-corrected chi connectivity index (χ1v) is 10.7. The van der Waals surface area contributed by atoms with Gasteiger partial charge in [0, 0.05) is 11.1 Å². The Morgan fingerprint density at radius 1 is 1.16 bits per heavy atom. The number of benzene rings is 2. The van der Waals surface area contributed by atoms with Crippen LogP contribution in [0.15, 0.2) is 48.5 Å². The number of aliphatic carboxylic acids is 1. The second-order valence-electron chi connectivity index (χ2n) is 8.85. The predicted molar refractivity (Wildman–Crippen MR) is 118 cm³/mol. The third-order valence-electron chi connectivity index (χ3n) is 6.33. The zero-order valence-corrected chi connectivity index (χ0v) is 18.4. The summed E-state index contributed by atoms with van der Waals surface area (Å²) in [4.78, 5) is 41.1. The van der Waals surface area contributed by atoms with Gasteiger partial charge in [-0.05, 0) is 48.6 Å². The summed E-state index contributed by atoms with van der Waals surface area (Å²) >= 11 is 6.19. The lowest BCUT2D eigenvalue weighted by Crippen LogP contribution is -2.56. The molecule has 2 saturated heterocycles. The molecule has 0 saturated carbocycles. The molecule has 31 heavy (non-hydrogen) atoms. The molecule has 0 spiro atoms. The van der Waals surface area contributed by atoms with Crippen LogP contribution in [0.25, 0.3) is 0 Å². The summed E-state index contributed by atoms with van der Waals surface area (Å²) in [5.74, 6) is -3.81. The number of carbonyl (C=O) groups is 3. The van der Waals surface area contributed by atoms with Gasteiger partial charge in [-0.15, -0.1) is 0 Å². The molecule has 0 aliphatic carbocycles. The molecule has 2 N–H and O–H groups in total. The van der Waals surface area contributed by atoms with Crippen molar-refractivity contribution >= 4 is 35.1 Å². The molecule has 2 aromatic rings. The van der Waals surface area contributed by atoms with E-state index in [1.165, 1.54) is 4.90 Å². The fraction of sp³-hybridized carbons (Fsp3) is 0.375. The first kappa shape index (κ1) is 21.5. The van der Waals surface area contributed by atoms with Crippen molar-refractivity contribution in [1.29, 1.82) is 0 Å². The van der Waals surface area contributed by atoms with Gasteiger partial charge >= 0.3 is 5.97 Å². The average Bonchev–Trinajstić information content (AvgIpc) is 3.17. The van der Waals surface area contributed by atoms with E-state index in [1.54, 1.807) is 30.3 Å². The van der Waals surface area contributed by atoms with Crippen molar-refractivity contribution < 1.29 is 19.5 Å². The summed E-state index contributed by atoms with van der Waals surface area (Å²) in [6.45, 7) is 5.65. The second-order valence-corrected chi connectivity index (χ2v) is 9.29. The van der Waals surface area contributed by atoms with Crippen LogP contribution in [-0.2, 0) is 14.4 Å². The maximum Gasteiger partial charge on any atom is 0.324 e. The lowest BCUT2D eigenvalue weighted by atomic mass is 9.75. The number of imide groups is 1. The number of nitrogens with one attached hydrogen (secondary N) is 1. The van der Waals surface area contributed by atoms with Crippen LogP contribution in [0.3, 0.4) is 0 Å². The monoisotopic (exact) mass is 440 g/mol. The molecule has 0 bridgehead atoms. The van der Waals surface area contributed by atoms with Crippen molar-refractivity contribution in [3.8, 4) is 0 Å². The van der Waals surface area contributed by atoms with E-state index >= 15 is 0 Å². The molecular weight excluding hydrogens is 416 g/mol. The number of hydrogen-bond acceptors (Lipinski definition) is 4. The molecule has 2 aliphatic rings. The third-order valence-corrected chi connectivity index (χ3v) is 6.57. The van der Waals surface area contributed by atoms with Gasteiger partial charge in [0.1, 0.15) is 5.54 Å². The van der Waals surface area contributed by atoms with Gasteiger partial charge < -0.3 is 5.11 Å². The lowest BCUT2D eigenvalue weighted by molar-refractivity contribution is -0.149. The minimum atomic E-state index is -1.55. The van der Waals surface area contributed by atoms with Crippen molar-refractivity contribution in [2.75, 3.05) is 4.90 Å². The maximum atomic E-state index is 13.7. The van der Waals surface area contributed by atoms with Crippen LogP contribution < -0.4 is 10.2 Å². The highest BCUT2D eigenvalue weighted by atomic mass is 35.5. The molecule has 0 radical (unpaired) electrons. The smallest absolute Gasteiger partial charge is 0.324 e. The van der Waals surface area contributed by atoms with Gasteiger partial charge in [-0.3, -0.25) is 19.7 Å². The molecule has 2 fully saturated rings. The van der Waals surface area contributed by atoms with Crippen LogP contribution in [0.1, 0.15) is 37.4 Å².